The predicted molar refractivity (Wildman–Crippen MR) is 133 cm³/mol. The van der Waals surface area contributed by atoms with Crippen LogP contribution in [0, 0.1) is 10.1 Å². The van der Waals surface area contributed by atoms with Gasteiger partial charge in [0.15, 0.2) is 11.5 Å². The maximum atomic E-state index is 12.6. The Labute approximate surface area is 203 Å². The van der Waals surface area contributed by atoms with E-state index in [9.17, 15) is 14.9 Å². The third kappa shape index (κ3) is 4.65. The van der Waals surface area contributed by atoms with Gasteiger partial charge in [-0.1, -0.05) is 24.3 Å². The number of nitrogens with zero attached hydrogens (tertiary/aromatic N) is 3. The number of nitro benzene ring substituents is 1. The monoisotopic (exact) mass is 474 g/mol. The zero-order valence-corrected chi connectivity index (χ0v) is 19.9. The summed E-state index contributed by atoms with van der Waals surface area (Å²) in [5, 5.41) is 19.8. The maximum absolute atomic E-state index is 12.6. The SMILES string of the molecule is CNC(=O)N1N=C(c2ccc(-c3ccc([N+](=O)[O-])cc3)cc2)c2cc(OC)c(OC)cc2CC1C. The van der Waals surface area contributed by atoms with Crippen LogP contribution in [-0.2, 0) is 6.42 Å². The number of rotatable bonds is 5. The molecule has 9 heteroatoms. The Morgan fingerprint density at radius 3 is 2.09 bits per heavy atom. The third-order valence-electron chi connectivity index (χ3n) is 6.00. The molecule has 1 aliphatic rings. The first-order valence-corrected chi connectivity index (χ1v) is 11.1. The van der Waals surface area contributed by atoms with Crippen LogP contribution in [0.1, 0.15) is 23.6 Å². The molecule has 0 bridgehead atoms. The Morgan fingerprint density at radius 1 is 1.00 bits per heavy atom. The Bertz CT molecular complexity index is 1290. The molecule has 0 fully saturated rings. The smallest absolute Gasteiger partial charge is 0.337 e. The third-order valence-corrected chi connectivity index (χ3v) is 6.00. The van der Waals surface area contributed by atoms with Crippen molar-refractivity contribution in [3.05, 3.63) is 87.5 Å². The standard InChI is InChI=1S/C26H26N4O5/c1-16-13-20-14-23(34-3)24(35-4)15-22(20)25(28-29(16)26(31)27-2)19-7-5-17(6-8-19)18-9-11-21(12-10-18)30(32)33/h5-12,14-16H,13H2,1-4H3,(H,27,31). The second-order valence-corrected chi connectivity index (χ2v) is 8.15. The fourth-order valence-corrected chi connectivity index (χ4v) is 4.14. The van der Waals surface area contributed by atoms with E-state index in [1.165, 1.54) is 17.1 Å². The van der Waals surface area contributed by atoms with E-state index in [-0.39, 0.29) is 17.8 Å². The van der Waals surface area contributed by atoms with Gasteiger partial charge in [-0.25, -0.2) is 9.80 Å². The summed E-state index contributed by atoms with van der Waals surface area (Å²) in [4.78, 5) is 23.2. The second-order valence-electron chi connectivity index (χ2n) is 8.15. The zero-order valence-electron chi connectivity index (χ0n) is 19.9. The summed E-state index contributed by atoms with van der Waals surface area (Å²) in [7, 11) is 4.75. The molecule has 3 aromatic carbocycles. The molecule has 4 rings (SSSR count). The summed E-state index contributed by atoms with van der Waals surface area (Å²) in [6, 6.07) is 17.4. The van der Waals surface area contributed by atoms with Gasteiger partial charge in [0.1, 0.15) is 0 Å². The molecule has 9 nitrogen and oxygen atoms in total. The number of carbonyl (C=O) groups is 1. The molecule has 0 aromatic heterocycles. The van der Waals surface area contributed by atoms with Gasteiger partial charge >= 0.3 is 6.03 Å². The van der Waals surface area contributed by atoms with Gasteiger partial charge < -0.3 is 14.8 Å². The summed E-state index contributed by atoms with van der Waals surface area (Å²) >= 11 is 0. The lowest BCUT2D eigenvalue weighted by Crippen LogP contribution is -2.41. The van der Waals surface area contributed by atoms with E-state index < -0.39 is 4.92 Å². The number of benzene rings is 3. The number of fused-ring (bicyclic) bond motifs is 1. The van der Waals surface area contributed by atoms with Crippen LogP contribution >= 0.6 is 0 Å². The minimum Gasteiger partial charge on any atom is -0.493 e. The number of urea groups is 1. The van der Waals surface area contributed by atoms with Gasteiger partial charge in [0.2, 0.25) is 0 Å². The molecular formula is C26H26N4O5. The van der Waals surface area contributed by atoms with E-state index >= 15 is 0 Å². The molecule has 1 aliphatic heterocycles. The van der Waals surface area contributed by atoms with Gasteiger partial charge in [-0.15, -0.1) is 0 Å². The Balaban J connectivity index is 1.81. The molecule has 1 atom stereocenters. The number of hydrogen-bond donors (Lipinski definition) is 1. The molecule has 180 valence electrons. The second kappa shape index (κ2) is 9.84. The zero-order chi connectivity index (χ0) is 25.1. The van der Waals surface area contributed by atoms with E-state index in [0.29, 0.717) is 23.6 Å². The first-order chi connectivity index (χ1) is 16.9. The molecule has 0 radical (unpaired) electrons. The molecule has 1 N–H and O–H groups in total. The highest BCUT2D eigenvalue weighted by atomic mass is 16.6. The summed E-state index contributed by atoms with van der Waals surface area (Å²) in [5.41, 5.74) is 5.09. The van der Waals surface area contributed by atoms with Crippen LogP contribution in [0.5, 0.6) is 11.5 Å². The van der Waals surface area contributed by atoms with Crippen LogP contribution in [0.25, 0.3) is 11.1 Å². The number of hydrogen-bond acceptors (Lipinski definition) is 6. The van der Waals surface area contributed by atoms with Crippen LogP contribution in [-0.4, -0.2) is 49.0 Å². The molecule has 3 aromatic rings. The van der Waals surface area contributed by atoms with Gasteiger partial charge in [-0.2, -0.15) is 5.10 Å². The van der Waals surface area contributed by atoms with Crippen molar-refractivity contribution >= 4 is 17.4 Å². The first kappa shape index (κ1) is 23.7. The molecule has 1 heterocycles. The normalized spacial score (nSPS) is 14.9. The van der Waals surface area contributed by atoms with Gasteiger partial charge in [-0.3, -0.25) is 10.1 Å². The fourth-order valence-electron chi connectivity index (χ4n) is 4.14. The molecule has 35 heavy (non-hydrogen) atoms. The first-order valence-electron chi connectivity index (χ1n) is 11.1. The van der Waals surface area contributed by atoms with E-state index in [0.717, 1.165) is 27.8 Å². The van der Waals surface area contributed by atoms with Crippen molar-refractivity contribution in [3.63, 3.8) is 0 Å². The predicted octanol–water partition coefficient (Wildman–Crippen LogP) is 4.62. The van der Waals surface area contributed by atoms with Gasteiger partial charge in [-0.05, 0) is 54.3 Å². The lowest BCUT2D eigenvalue weighted by Gasteiger charge is -2.22. The highest BCUT2D eigenvalue weighted by molar-refractivity contribution is 6.14. The Kier molecular flexibility index (Phi) is 6.68. The average Bonchev–Trinajstić information content (AvgIpc) is 3.03. The lowest BCUT2D eigenvalue weighted by atomic mass is 9.93. The van der Waals surface area contributed by atoms with Crippen molar-refractivity contribution in [2.75, 3.05) is 21.3 Å². The number of hydrazone groups is 1. The van der Waals surface area contributed by atoms with E-state index in [4.69, 9.17) is 14.6 Å². The lowest BCUT2D eigenvalue weighted by molar-refractivity contribution is -0.384. The van der Waals surface area contributed by atoms with Crippen molar-refractivity contribution < 1.29 is 19.2 Å². The number of methoxy groups -OCH3 is 2. The van der Waals surface area contributed by atoms with E-state index in [1.807, 2.05) is 43.3 Å². The van der Waals surface area contributed by atoms with Gasteiger partial charge in [0.05, 0.1) is 30.9 Å². The average molecular weight is 475 g/mol. The van der Waals surface area contributed by atoms with Crippen molar-refractivity contribution in [3.8, 4) is 22.6 Å². The Hall–Kier alpha value is -4.40. The summed E-state index contributed by atoms with van der Waals surface area (Å²) < 4.78 is 11.0. The minimum atomic E-state index is -0.420. The van der Waals surface area contributed by atoms with Crippen molar-refractivity contribution in [2.24, 2.45) is 5.10 Å². The highest BCUT2D eigenvalue weighted by Crippen LogP contribution is 2.35. The highest BCUT2D eigenvalue weighted by Gasteiger charge is 2.28. The van der Waals surface area contributed by atoms with E-state index in [2.05, 4.69) is 5.32 Å². The number of nitrogens with one attached hydrogen (secondary N) is 1. The van der Waals surface area contributed by atoms with Crippen molar-refractivity contribution in [1.29, 1.82) is 0 Å². The number of non-ortho nitro benzene ring substituents is 1. The van der Waals surface area contributed by atoms with Crippen LogP contribution < -0.4 is 14.8 Å². The van der Waals surface area contributed by atoms with Crippen molar-refractivity contribution in [2.45, 2.75) is 19.4 Å². The molecule has 0 saturated carbocycles. The number of nitro groups is 1. The van der Waals surface area contributed by atoms with Crippen molar-refractivity contribution in [1.82, 2.24) is 10.3 Å². The maximum Gasteiger partial charge on any atom is 0.337 e. The summed E-state index contributed by atoms with van der Waals surface area (Å²) in [6.07, 6.45) is 0.580. The minimum absolute atomic E-state index is 0.0441. The van der Waals surface area contributed by atoms with Crippen LogP contribution in [0.15, 0.2) is 65.8 Å². The van der Waals surface area contributed by atoms with Gasteiger partial charge in [0, 0.05) is 30.3 Å². The van der Waals surface area contributed by atoms with Crippen LogP contribution in [0.3, 0.4) is 0 Å². The topological polar surface area (TPSA) is 106 Å². The molecule has 0 aliphatic carbocycles. The largest absolute Gasteiger partial charge is 0.493 e. The summed E-state index contributed by atoms with van der Waals surface area (Å²) in [5.74, 6) is 1.18. The number of amides is 2. The molecule has 0 spiro atoms. The summed E-state index contributed by atoms with van der Waals surface area (Å²) in [6.45, 7) is 1.94. The number of carbonyl (C=O) groups excluding carboxylic acids is 1. The Morgan fingerprint density at radius 2 is 1.54 bits per heavy atom. The van der Waals surface area contributed by atoms with Crippen LogP contribution in [0.2, 0.25) is 0 Å². The molecule has 2 amide bonds. The van der Waals surface area contributed by atoms with Gasteiger partial charge in [0.25, 0.3) is 5.69 Å². The molecule has 1 unspecified atom stereocenters. The molecular weight excluding hydrogens is 448 g/mol. The van der Waals surface area contributed by atoms with Crippen LogP contribution in [0.4, 0.5) is 10.5 Å². The molecule has 0 saturated heterocycles. The quantitative estimate of drug-likeness (QED) is 0.429. The van der Waals surface area contributed by atoms with E-state index in [1.54, 1.807) is 33.4 Å². The number of ether oxygens (including phenoxy) is 2. The fraction of sp³-hybridized carbons (Fsp3) is 0.231.